The molecule has 134 valence electrons. The zero-order valence-corrected chi connectivity index (χ0v) is 15.1. The summed E-state index contributed by atoms with van der Waals surface area (Å²) in [7, 11) is 4.94. The molecule has 0 aromatic heterocycles. The molecule has 2 aromatic carbocycles. The molecule has 0 saturated carbocycles. The van der Waals surface area contributed by atoms with Crippen LogP contribution in [0.15, 0.2) is 53.5 Å². The largest absolute Gasteiger partial charge is 0.493 e. The minimum Gasteiger partial charge on any atom is -0.493 e. The smallest absolute Gasteiger partial charge is 0.195 e. The standard InChI is InChI=1S/C19H25N3O3/c1-14(25-16-8-6-5-7-9-16)13-21-19(20-2)22-15-10-11-17(23-3)18(12-15)24-4/h5-12,14H,13H2,1-4H3,(H2,20,21,22). The zero-order valence-electron chi connectivity index (χ0n) is 15.1. The van der Waals surface area contributed by atoms with Gasteiger partial charge in [-0.2, -0.15) is 0 Å². The van der Waals surface area contributed by atoms with Gasteiger partial charge < -0.3 is 24.8 Å². The summed E-state index contributed by atoms with van der Waals surface area (Å²) in [5.41, 5.74) is 0.849. The van der Waals surface area contributed by atoms with Crippen LogP contribution < -0.4 is 24.8 Å². The summed E-state index contributed by atoms with van der Waals surface area (Å²) in [5, 5.41) is 6.47. The third kappa shape index (κ3) is 5.60. The Morgan fingerprint density at radius 1 is 1.04 bits per heavy atom. The van der Waals surface area contributed by atoms with E-state index in [9.17, 15) is 0 Å². The molecular formula is C19H25N3O3. The molecule has 0 saturated heterocycles. The van der Waals surface area contributed by atoms with Gasteiger partial charge in [-0.05, 0) is 31.2 Å². The minimum absolute atomic E-state index is 0.00801. The van der Waals surface area contributed by atoms with E-state index in [1.807, 2.05) is 55.5 Å². The average Bonchev–Trinajstić information content (AvgIpc) is 2.65. The van der Waals surface area contributed by atoms with E-state index in [1.165, 1.54) is 0 Å². The number of methoxy groups -OCH3 is 2. The number of para-hydroxylation sites is 1. The fourth-order valence-corrected chi connectivity index (χ4v) is 2.24. The van der Waals surface area contributed by atoms with E-state index in [-0.39, 0.29) is 6.10 Å². The van der Waals surface area contributed by atoms with Crippen LogP contribution in [0.5, 0.6) is 17.2 Å². The summed E-state index contributed by atoms with van der Waals surface area (Å²) >= 11 is 0. The van der Waals surface area contributed by atoms with Gasteiger partial charge in [0.15, 0.2) is 17.5 Å². The zero-order chi connectivity index (χ0) is 18.1. The Morgan fingerprint density at radius 3 is 2.40 bits per heavy atom. The second-order valence-electron chi connectivity index (χ2n) is 5.39. The molecule has 2 aromatic rings. The number of benzene rings is 2. The van der Waals surface area contributed by atoms with E-state index in [2.05, 4.69) is 15.6 Å². The molecule has 0 aliphatic rings. The third-order valence-corrected chi connectivity index (χ3v) is 3.51. The molecule has 25 heavy (non-hydrogen) atoms. The van der Waals surface area contributed by atoms with Gasteiger partial charge in [-0.15, -0.1) is 0 Å². The maximum atomic E-state index is 5.84. The topological polar surface area (TPSA) is 64.1 Å². The molecule has 1 unspecified atom stereocenters. The lowest BCUT2D eigenvalue weighted by atomic mass is 10.2. The van der Waals surface area contributed by atoms with Crippen LogP contribution in [0.3, 0.4) is 0 Å². The lowest BCUT2D eigenvalue weighted by molar-refractivity contribution is 0.224. The van der Waals surface area contributed by atoms with Crippen molar-refractivity contribution >= 4 is 11.6 Å². The van der Waals surface area contributed by atoms with Crippen molar-refractivity contribution in [2.45, 2.75) is 13.0 Å². The number of rotatable bonds is 7. The molecule has 6 heteroatoms. The highest BCUT2D eigenvalue weighted by Gasteiger charge is 2.08. The highest BCUT2D eigenvalue weighted by molar-refractivity contribution is 5.93. The summed E-state index contributed by atoms with van der Waals surface area (Å²) in [6, 6.07) is 15.3. The van der Waals surface area contributed by atoms with E-state index < -0.39 is 0 Å². The first kappa shape index (κ1) is 18.4. The second-order valence-corrected chi connectivity index (χ2v) is 5.39. The molecular weight excluding hydrogens is 318 g/mol. The number of hydrogen-bond acceptors (Lipinski definition) is 4. The molecule has 2 N–H and O–H groups in total. The van der Waals surface area contributed by atoms with E-state index in [4.69, 9.17) is 14.2 Å². The summed E-state index contributed by atoms with van der Waals surface area (Å²) in [6.45, 7) is 2.62. The molecule has 0 aliphatic carbocycles. The van der Waals surface area contributed by atoms with Gasteiger partial charge in [0, 0.05) is 18.8 Å². The molecule has 0 amide bonds. The van der Waals surface area contributed by atoms with Crippen molar-refractivity contribution in [2.24, 2.45) is 4.99 Å². The van der Waals surface area contributed by atoms with Crippen molar-refractivity contribution in [1.29, 1.82) is 0 Å². The molecule has 6 nitrogen and oxygen atoms in total. The Morgan fingerprint density at radius 2 is 1.76 bits per heavy atom. The van der Waals surface area contributed by atoms with Gasteiger partial charge in [-0.1, -0.05) is 18.2 Å². The van der Waals surface area contributed by atoms with Crippen molar-refractivity contribution in [3.8, 4) is 17.2 Å². The first-order chi connectivity index (χ1) is 12.2. The van der Waals surface area contributed by atoms with Crippen molar-refractivity contribution in [3.05, 3.63) is 48.5 Å². The minimum atomic E-state index is -0.00801. The fraction of sp³-hybridized carbons (Fsp3) is 0.316. The Balaban J connectivity index is 1.90. The second kappa shape index (κ2) is 9.42. The maximum Gasteiger partial charge on any atom is 0.195 e. The summed E-state index contributed by atoms with van der Waals surface area (Å²) in [6.07, 6.45) is -0.00801. The number of nitrogens with zero attached hydrogens (tertiary/aromatic N) is 1. The van der Waals surface area contributed by atoms with E-state index >= 15 is 0 Å². The van der Waals surface area contributed by atoms with E-state index in [0.29, 0.717) is 24.0 Å². The van der Waals surface area contributed by atoms with E-state index in [1.54, 1.807) is 21.3 Å². The average molecular weight is 343 g/mol. The number of hydrogen-bond donors (Lipinski definition) is 2. The highest BCUT2D eigenvalue weighted by atomic mass is 16.5. The lowest BCUT2D eigenvalue weighted by Gasteiger charge is -2.18. The van der Waals surface area contributed by atoms with Crippen LogP contribution >= 0.6 is 0 Å². The molecule has 1 atom stereocenters. The Kier molecular flexibility index (Phi) is 6.95. The van der Waals surface area contributed by atoms with Crippen LogP contribution in [-0.4, -0.2) is 39.9 Å². The molecule has 0 fully saturated rings. The van der Waals surface area contributed by atoms with Gasteiger partial charge in [0.2, 0.25) is 0 Å². The highest BCUT2D eigenvalue weighted by Crippen LogP contribution is 2.29. The number of ether oxygens (including phenoxy) is 3. The molecule has 0 bridgehead atoms. The number of guanidine groups is 1. The SMILES string of the molecule is CN=C(NCC(C)Oc1ccccc1)Nc1ccc(OC)c(OC)c1. The van der Waals surface area contributed by atoms with Gasteiger partial charge in [0.1, 0.15) is 11.9 Å². The molecule has 0 spiro atoms. The molecule has 0 aliphatic heterocycles. The van der Waals surface area contributed by atoms with Gasteiger partial charge in [-0.25, -0.2) is 0 Å². The van der Waals surface area contributed by atoms with Crippen molar-refractivity contribution in [1.82, 2.24) is 5.32 Å². The Bertz CT molecular complexity index is 690. The fourth-order valence-electron chi connectivity index (χ4n) is 2.24. The number of aliphatic imine (C=N–C) groups is 1. The maximum absolute atomic E-state index is 5.84. The Hall–Kier alpha value is -2.89. The Labute approximate surface area is 148 Å². The quantitative estimate of drug-likeness (QED) is 0.597. The first-order valence-corrected chi connectivity index (χ1v) is 8.07. The van der Waals surface area contributed by atoms with E-state index in [0.717, 1.165) is 11.4 Å². The molecule has 2 rings (SSSR count). The third-order valence-electron chi connectivity index (χ3n) is 3.51. The van der Waals surface area contributed by atoms with Crippen LogP contribution in [-0.2, 0) is 0 Å². The van der Waals surface area contributed by atoms with Crippen LogP contribution in [0.4, 0.5) is 5.69 Å². The molecule has 0 heterocycles. The van der Waals surface area contributed by atoms with Crippen molar-refractivity contribution in [3.63, 3.8) is 0 Å². The monoisotopic (exact) mass is 343 g/mol. The number of nitrogens with one attached hydrogen (secondary N) is 2. The predicted molar refractivity (Wildman–Crippen MR) is 101 cm³/mol. The van der Waals surface area contributed by atoms with Gasteiger partial charge in [0.25, 0.3) is 0 Å². The van der Waals surface area contributed by atoms with Crippen LogP contribution in [0.2, 0.25) is 0 Å². The normalized spacial score (nSPS) is 12.2. The van der Waals surface area contributed by atoms with Crippen LogP contribution in [0, 0.1) is 0 Å². The molecule has 0 radical (unpaired) electrons. The predicted octanol–water partition coefficient (Wildman–Crippen LogP) is 3.16. The van der Waals surface area contributed by atoms with Gasteiger partial charge in [0.05, 0.1) is 20.8 Å². The lowest BCUT2D eigenvalue weighted by Crippen LogP contribution is -2.37. The van der Waals surface area contributed by atoms with Crippen LogP contribution in [0.25, 0.3) is 0 Å². The van der Waals surface area contributed by atoms with Gasteiger partial charge >= 0.3 is 0 Å². The summed E-state index contributed by atoms with van der Waals surface area (Å²) in [5.74, 6) is 2.83. The van der Waals surface area contributed by atoms with Gasteiger partial charge in [-0.3, -0.25) is 4.99 Å². The summed E-state index contributed by atoms with van der Waals surface area (Å²) in [4.78, 5) is 4.23. The van der Waals surface area contributed by atoms with Crippen molar-refractivity contribution < 1.29 is 14.2 Å². The van der Waals surface area contributed by atoms with Crippen molar-refractivity contribution in [2.75, 3.05) is 33.1 Å². The summed E-state index contributed by atoms with van der Waals surface area (Å²) < 4.78 is 16.4. The first-order valence-electron chi connectivity index (χ1n) is 8.07. The number of anilines is 1. The van der Waals surface area contributed by atoms with Crippen LogP contribution in [0.1, 0.15) is 6.92 Å².